The van der Waals surface area contributed by atoms with Gasteiger partial charge in [-0.1, -0.05) is 0 Å². The van der Waals surface area contributed by atoms with Gasteiger partial charge in [0.2, 0.25) is 5.91 Å². The Kier molecular flexibility index (Phi) is 3.69. The summed E-state index contributed by atoms with van der Waals surface area (Å²) in [5.74, 6) is -0.162. The zero-order valence-electron chi connectivity index (χ0n) is 10.7. The van der Waals surface area contributed by atoms with Crippen molar-refractivity contribution >= 4 is 11.8 Å². The maximum atomic E-state index is 12.0. The summed E-state index contributed by atoms with van der Waals surface area (Å²) in [6, 6.07) is 3.73. The SMILES string of the molecule is C[C@@H]1CC[C@@H](C)N1C(=O)CNC(=O)c1ccco1. The number of nitrogens with one attached hydrogen (secondary N) is 1. The fourth-order valence-electron chi connectivity index (χ4n) is 2.43. The van der Waals surface area contributed by atoms with Crippen molar-refractivity contribution in [1.82, 2.24) is 10.2 Å². The van der Waals surface area contributed by atoms with Crippen LogP contribution < -0.4 is 5.32 Å². The van der Waals surface area contributed by atoms with E-state index in [2.05, 4.69) is 5.32 Å². The first-order valence-electron chi connectivity index (χ1n) is 6.22. The van der Waals surface area contributed by atoms with Crippen molar-refractivity contribution in [2.75, 3.05) is 6.54 Å². The molecule has 0 unspecified atom stereocenters. The van der Waals surface area contributed by atoms with Crippen LogP contribution in [0.25, 0.3) is 0 Å². The lowest BCUT2D eigenvalue weighted by molar-refractivity contribution is -0.132. The molecule has 2 amide bonds. The summed E-state index contributed by atoms with van der Waals surface area (Å²) in [4.78, 5) is 25.5. The Balaban J connectivity index is 1.87. The van der Waals surface area contributed by atoms with E-state index in [0.717, 1.165) is 12.8 Å². The fraction of sp³-hybridized carbons (Fsp3) is 0.538. The molecule has 2 rings (SSSR count). The van der Waals surface area contributed by atoms with Crippen LogP contribution in [0.3, 0.4) is 0 Å². The molecule has 98 valence electrons. The molecule has 18 heavy (non-hydrogen) atoms. The predicted molar refractivity (Wildman–Crippen MR) is 66.0 cm³/mol. The first-order chi connectivity index (χ1) is 8.59. The minimum Gasteiger partial charge on any atom is -0.459 e. The molecule has 1 fully saturated rings. The van der Waals surface area contributed by atoms with Crippen LogP contribution in [0.4, 0.5) is 0 Å². The molecule has 1 aliphatic rings. The molecule has 1 N–H and O–H groups in total. The highest BCUT2D eigenvalue weighted by atomic mass is 16.3. The maximum absolute atomic E-state index is 12.0. The summed E-state index contributed by atoms with van der Waals surface area (Å²) in [6.45, 7) is 4.10. The molecule has 5 heteroatoms. The van der Waals surface area contributed by atoms with Gasteiger partial charge in [-0.05, 0) is 38.8 Å². The smallest absolute Gasteiger partial charge is 0.287 e. The summed E-state index contributed by atoms with van der Waals surface area (Å²) in [5.41, 5.74) is 0. The lowest BCUT2D eigenvalue weighted by Gasteiger charge is -2.26. The number of carbonyl (C=O) groups excluding carboxylic acids is 2. The number of hydrogen-bond donors (Lipinski definition) is 1. The van der Waals surface area contributed by atoms with E-state index in [-0.39, 0.29) is 36.2 Å². The number of nitrogens with zero attached hydrogens (tertiary/aromatic N) is 1. The molecule has 1 aromatic heterocycles. The summed E-state index contributed by atoms with van der Waals surface area (Å²) in [6.07, 6.45) is 3.49. The Bertz CT molecular complexity index is 417. The zero-order chi connectivity index (χ0) is 13.1. The molecule has 0 aromatic carbocycles. The van der Waals surface area contributed by atoms with Crippen LogP contribution in [0.1, 0.15) is 37.2 Å². The van der Waals surface area contributed by atoms with Gasteiger partial charge in [0.05, 0.1) is 12.8 Å². The Morgan fingerprint density at radius 1 is 1.39 bits per heavy atom. The molecular weight excluding hydrogens is 232 g/mol. The molecule has 2 atom stereocenters. The van der Waals surface area contributed by atoms with Gasteiger partial charge in [-0.25, -0.2) is 0 Å². The minimum absolute atomic E-state index is 0.0220. The van der Waals surface area contributed by atoms with Crippen LogP contribution in [0, 0.1) is 0 Å². The number of hydrogen-bond acceptors (Lipinski definition) is 3. The fourth-order valence-corrected chi connectivity index (χ4v) is 2.43. The topological polar surface area (TPSA) is 62.6 Å². The van der Waals surface area contributed by atoms with Gasteiger partial charge in [0.1, 0.15) is 0 Å². The first kappa shape index (κ1) is 12.7. The molecule has 0 radical (unpaired) electrons. The number of likely N-dealkylation sites (tertiary alicyclic amines) is 1. The Labute approximate surface area is 106 Å². The Morgan fingerprint density at radius 2 is 2.06 bits per heavy atom. The van der Waals surface area contributed by atoms with Crippen molar-refractivity contribution in [1.29, 1.82) is 0 Å². The van der Waals surface area contributed by atoms with Gasteiger partial charge >= 0.3 is 0 Å². The highest BCUT2D eigenvalue weighted by Crippen LogP contribution is 2.23. The van der Waals surface area contributed by atoms with Crippen LogP contribution in [-0.4, -0.2) is 35.3 Å². The van der Waals surface area contributed by atoms with Crippen molar-refractivity contribution in [2.24, 2.45) is 0 Å². The van der Waals surface area contributed by atoms with Crippen LogP contribution in [0.15, 0.2) is 22.8 Å². The number of furan rings is 1. The monoisotopic (exact) mass is 250 g/mol. The standard InChI is InChI=1S/C13H18N2O3/c1-9-5-6-10(2)15(9)12(16)8-14-13(17)11-4-3-7-18-11/h3-4,7,9-10H,5-6,8H2,1-2H3,(H,14,17)/t9-,10-/m1/s1. The quantitative estimate of drug-likeness (QED) is 0.882. The highest BCUT2D eigenvalue weighted by Gasteiger charge is 2.31. The summed E-state index contributed by atoms with van der Waals surface area (Å²) in [7, 11) is 0. The number of carbonyl (C=O) groups is 2. The first-order valence-corrected chi connectivity index (χ1v) is 6.22. The van der Waals surface area contributed by atoms with E-state index in [4.69, 9.17) is 4.42 Å². The summed E-state index contributed by atoms with van der Waals surface area (Å²) in [5, 5.41) is 2.58. The molecule has 0 saturated carbocycles. The van der Waals surface area contributed by atoms with Crippen LogP contribution >= 0.6 is 0 Å². The second-order valence-electron chi connectivity index (χ2n) is 4.74. The van der Waals surface area contributed by atoms with Gasteiger partial charge in [-0.15, -0.1) is 0 Å². The van der Waals surface area contributed by atoms with Gasteiger partial charge in [-0.2, -0.15) is 0 Å². The van der Waals surface area contributed by atoms with Crippen molar-refractivity contribution in [3.05, 3.63) is 24.2 Å². The van der Waals surface area contributed by atoms with Crippen molar-refractivity contribution in [3.8, 4) is 0 Å². The average molecular weight is 250 g/mol. The van der Waals surface area contributed by atoms with E-state index in [1.54, 1.807) is 12.1 Å². The summed E-state index contributed by atoms with van der Waals surface area (Å²) >= 11 is 0. The lowest BCUT2D eigenvalue weighted by Crippen LogP contribution is -2.44. The van der Waals surface area contributed by atoms with E-state index in [9.17, 15) is 9.59 Å². The molecule has 1 saturated heterocycles. The van der Waals surface area contributed by atoms with E-state index in [1.807, 2.05) is 18.7 Å². The van der Waals surface area contributed by atoms with Crippen molar-refractivity contribution in [3.63, 3.8) is 0 Å². The second-order valence-corrected chi connectivity index (χ2v) is 4.74. The third-order valence-corrected chi connectivity index (χ3v) is 3.39. The predicted octanol–water partition coefficient (Wildman–Crippen LogP) is 1.41. The maximum Gasteiger partial charge on any atom is 0.287 e. The van der Waals surface area contributed by atoms with Crippen LogP contribution in [0.2, 0.25) is 0 Å². The second kappa shape index (κ2) is 5.25. The molecule has 2 heterocycles. The van der Waals surface area contributed by atoms with Gasteiger partial charge in [0, 0.05) is 12.1 Å². The number of amides is 2. The zero-order valence-corrected chi connectivity index (χ0v) is 10.7. The molecule has 0 aliphatic carbocycles. The van der Waals surface area contributed by atoms with Gasteiger partial charge in [0.15, 0.2) is 5.76 Å². The molecule has 1 aliphatic heterocycles. The van der Waals surface area contributed by atoms with Gasteiger partial charge in [0.25, 0.3) is 5.91 Å². The van der Waals surface area contributed by atoms with E-state index < -0.39 is 0 Å². The largest absolute Gasteiger partial charge is 0.459 e. The lowest BCUT2D eigenvalue weighted by atomic mass is 10.2. The normalized spacial score (nSPS) is 23.1. The Morgan fingerprint density at radius 3 is 2.61 bits per heavy atom. The highest BCUT2D eigenvalue weighted by molar-refractivity contribution is 5.94. The summed E-state index contributed by atoms with van der Waals surface area (Å²) < 4.78 is 4.96. The molecule has 5 nitrogen and oxygen atoms in total. The Hall–Kier alpha value is -1.78. The molecule has 1 aromatic rings. The van der Waals surface area contributed by atoms with Gasteiger partial charge < -0.3 is 14.6 Å². The van der Waals surface area contributed by atoms with Gasteiger partial charge in [-0.3, -0.25) is 9.59 Å². The van der Waals surface area contributed by atoms with Crippen molar-refractivity contribution in [2.45, 2.75) is 38.8 Å². The van der Waals surface area contributed by atoms with E-state index >= 15 is 0 Å². The molecule has 0 bridgehead atoms. The third kappa shape index (κ3) is 2.55. The van der Waals surface area contributed by atoms with Crippen LogP contribution in [-0.2, 0) is 4.79 Å². The number of rotatable bonds is 3. The third-order valence-electron chi connectivity index (χ3n) is 3.39. The van der Waals surface area contributed by atoms with E-state index in [0.29, 0.717) is 0 Å². The minimum atomic E-state index is -0.354. The van der Waals surface area contributed by atoms with Crippen LogP contribution in [0.5, 0.6) is 0 Å². The molecule has 0 spiro atoms. The molecular formula is C13H18N2O3. The van der Waals surface area contributed by atoms with E-state index in [1.165, 1.54) is 6.26 Å². The van der Waals surface area contributed by atoms with Crippen molar-refractivity contribution < 1.29 is 14.0 Å². The average Bonchev–Trinajstić information content (AvgIpc) is 2.96.